The lowest BCUT2D eigenvalue weighted by Crippen LogP contribution is -2.20. The summed E-state index contributed by atoms with van der Waals surface area (Å²) in [7, 11) is 10.8. The minimum absolute atomic E-state index is 0.0262. The molecular formula is C38H46N6O6S. The fourth-order valence-corrected chi connectivity index (χ4v) is 7.59. The SMILES string of the molecule is COc1ccc(CN(Sc2c(OC)cc(CN(C)C)cc2OC)c2noc3cc(Nc4cc(C5CC5)n(C5CCCCO5)n4)c(OC)cc23)cc1. The summed E-state index contributed by atoms with van der Waals surface area (Å²) in [5.41, 5.74) is 4.69. The Labute approximate surface area is 303 Å². The number of nitrogens with zero attached hydrogens (tertiary/aromatic N) is 5. The molecule has 1 unspecified atom stereocenters. The van der Waals surface area contributed by atoms with Crippen LogP contribution in [0.25, 0.3) is 11.0 Å². The Morgan fingerprint density at radius 3 is 2.22 bits per heavy atom. The highest BCUT2D eigenvalue weighted by Gasteiger charge is 2.32. The average molecular weight is 715 g/mol. The van der Waals surface area contributed by atoms with Gasteiger partial charge in [-0.05, 0) is 99.6 Å². The molecule has 1 saturated heterocycles. The molecule has 1 N–H and O–H groups in total. The molecule has 2 aromatic heterocycles. The van der Waals surface area contributed by atoms with E-state index < -0.39 is 0 Å². The molecule has 1 atom stereocenters. The lowest BCUT2D eigenvalue weighted by molar-refractivity contribution is -0.0409. The number of rotatable bonds is 15. The molecule has 13 heteroatoms. The first kappa shape index (κ1) is 34.8. The molecule has 0 radical (unpaired) electrons. The molecule has 1 saturated carbocycles. The van der Waals surface area contributed by atoms with E-state index >= 15 is 0 Å². The number of methoxy groups -OCH3 is 4. The number of nitrogens with one attached hydrogen (secondary N) is 1. The molecule has 0 amide bonds. The second-order valence-corrected chi connectivity index (χ2v) is 14.2. The van der Waals surface area contributed by atoms with Gasteiger partial charge < -0.3 is 38.4 Å². The number of fused-ring (bicyclic) bond motifs is 1. The van der Waals surface area contributed by atoms with Crippen LogP contribution in [0.15, 0.2) is 64.0 Å². The third-order valence-corrected chi connectivity index (χ3v) is 10.3. The second kappa shape index (κ2) is 15.3. The maximum absolute atomic E-state index is 6.11. The van der Waals surface area contributed by atoms with Crippen LogP contribution in [0.5, 0.6) is 23.0 Å². The van der Waals surface area contributed by atoms with E-state index in [1.165, 1.54) is 30.5 Å². The molecule has 3 heterocycles. The van der Waals surface area contributed by atoms with Gasteiger partial charge >= 0.3 is 0 Å². The Morgan fingerprint density at radius 1 is 0.843 bits per heavy atom. The predicted octanol–water partition coefficient (Wildman–Crippen LogP) is 8.15. The lowest BCUT2D eigenvalue weighted by atomic mass is 10.2. The molecule has 51 heavy (non-hydrogen) atoms. The predicted molar refractivity (Wildman–Crippen MR) is 199 cm³/mol. The zero-order valence-electron chi connectivity index (χ0n) is 30.1. The minimum Gasteiger partial charge on any atom is -0.497 e. The number of benzene rings is 3. The van der Waals surface area contributed by atoms with Crippen molar-refractivity contribution in [3.63, 3.8) is 0 Å². The standard InChI is InChI=1S/C38H46N6O6S/c1-42(2)22-25-17-33(47-5)37(34(18-25)48-6)51-43(23-24-10-14-27(45-3)15-11-24)38-28-19-32(46-4)29(20-31(28)50-41-38)39-35-21-30(26-12-13-26)44(40-35)36-9-7-8-16-49-36/h10-11,14-15,17-21,26,36H,7-9,12-13,16,22-23H2,1-6H3,(H,39,40). The molecule has 7 rings (SSSR count). The van der Waals surface area contributed by atoms with Crippen LogP contribution >= 0.6 is 11.9 Å². The smallest absolute Gasteiger partial charge is 0.190 e. The summed E-state index contributed by atoms with van der Waals surface area (Å²) in [4.78, 5) is 2.93. The van der Waals surface area contributed by atoms with Crippen molar-refractivity contribution >= 4 is 40.2 Å². The molecular weight excluding hydrogens is 669 g/mol. The quantitative estimate of drug-likeness (QED) is 0.106. The minimum atomic E-state index is -0.0262. The van der Waals surface area contributed by atoms with Crippen molar-refractivity contribution in [3.8, 4) is 23.0 Å². The van der Waals surface area contributed by atoms with Crippen molar-refractivity contribution in [2.45, 2.75) is 62.2 Å². The molecule has 270 valence electrons. The van der Waals surface area contributed by atoms with Gasteiger partial charge in [-0.3, -0.25) is 4.31 Å². The highest BCUT2D eigenvalue weighted by atomic mass is 32.2. The lowest BCUT2D eigenvalue weighted by Gasteiger charge is -2.24. The molecule has 0 bridgehead atoms. The summed E-state index contributed by atoms with van der Waals surface area (Å²) in [6.45, 7) is 2.01. The van der Waals surface area contributed by atoms with Crippen molar-refractivity contribution < 1.29 is 28.2 Å². The first-order valence-corrected chi connectivity index (χ1v) is 18.1. The number of aromatic nitrogens is 3. The Balaban J connectivity index is 1.24. The van der Waals surface area contributed by atoms with E-state index in [2.05, 4.69) is 42.6 Å². The van der Waals surface area contributed by atoms with E-state index in [9.17, 15) is 0 Å². The average Bonchev–Trinajstić information content (AvgIpc) is 3.78. The van der Waals surface area contributed by atoms with Crippen LogP contribution in [0.1, 0.15) is 61.1 Å². The molecule has 0 spiro atoms. The highest BCUT2D eigenvalue weighted by molar-refractivity contribution is 8.00. The van der Waals surface area contributed by atoms with Gasteiger partial charge in [0.2, 0.25) is 0 Å². The topological polar surface area (TPSA) is 109 Å². The van der Waals surface area contributed by atoms with Crippen LogP contribution in [0, 0.1) is 0 Å². The van der Waals surface area contributed by atoms with Gasteiger partial charge in [-0.1, -0.05) is 17.3 Å². The van der Waals surface area contributed by atoms with E-state index in [4.69, 9.17) is 33.3 Å². The summed E-state index contributed by atoms with van der Waals surface area (Å²) >= 11 is 1.48. The zero-order chi connectivity index (χ0) is 35.5. The van der Waals surface area contributed by atoms with Gasteiger partial charge in [0, 0.05) is 36.9 Å². The van der Waals surface area contributed by atoms with E-state index in [0.29, 0.717) is 41.1 Å². The fraction of sp³-hybridized carbons (Fsp3) is 0.421. The van der Waals surface area contributed by atoms with Crippen molar-refractivity contribution in [1.29, 1.82) is 0 Å². The van der Waals surface area contributed by atoms with E-state index in [-0.39, 0.29) is 6.23 Å². The highest BCUT2D eigenvalue weighted by Crippen LogP contribution is 2.46. The van der Waals surface area contributed by atoms with E-state index in [1.54, 1.807) is 28.4 Å². The monoisotopic (exact) mass is 714 g/mol. The van der Waals surface area contributed by atoms with E-state index in [1.807, 2.05) is 50.5 Å². The van der Waals surface area contributed by atoms with Crippen LogP contribution in [0.2, 0.25) is 0 Å². The van der Waals surface area contributed by atoms with Gasteiger partial charge in [0.25, 0.3) is 0 Å². The Bertz CT molecular complexity index is 1930. The van der Waals surface area contributed by atoms with Crippen LogP contribution in [-0.4, -0.2) is 69.0 Å². The van der Waals surface area contributed by atoms with E-state index in [0.717, 1.165) is 71.1 Å². The molecule has 2 fully saturated rings. The first-order chi connectivity index (χ1) is 24.9. The Kier molecular flexibility index (Phi) is 10.5. The maximum atomic E-state index is 6.11. The normalized spacial score (nSPS) is 16.0. The number of anilines is 3. The largest absolute Gasteiger partial charge is 0.497 e. The molecule has 1 aliphatic heterocycles. The van der Waals surface area contributed by atoms with Crippen LogP contribution in [-0.2, 0) is 17.8 Å². The van der Waals surface area contributed by atoms with Crippen molar-refractivity contribution in [2.75, 3.05) is 58.8 Å². The summed E-state index contributed by atoms with van der Waals surface area (Å²) in [5, 5.41) is 13.9. The third kappa shape index (κ3) is 7.70. The van der Waals surface area contributed by atoms with Gasteiger partial charge in [0.1, 0.15) is 27.9 Å². The number of hydrogen-bond acceptors (Lipinski definition) is 12. The fourth-order valence-electron chi connectivity index (χ4n) is 6.48. The van der Waals surface area contributed by atoms with Gasteiger partial charge in [0.15, 0.2) is 23.4 Å². The van der Waals surface area contributed by atoms with Gasteiger partial charge in [0.05, 0.1) is 46.1 Å². The van der Waals surface area contributed by atoms with Crippen molar-refractivity contribution in [3.05, 3.63) is 71.4 Å². The maximum Gasteiger partial charge on any atom is 0.190 e. The second-order valence-electron chi connectivity index (χ2n) is 13.2. The molecule has 3 aromatic carbocycles. The molecule has 5 aromatic rings. The van der Waals surface area contributed by atoms with Crippen LogP contribution < -0.4 is 28.6 Å². The Hall–Kier alpha value is -4.59. The number of ether oxygens (including phenoxy) is 5. The van der Waals surface area contributed by atoms with Gasteiger partial charge in [-0.25, -0.2) is 4.68 Å². The van der Waals surface area contributed by atoms with Gasteiger partial charge in [-0.2, -0.15) is 5.10 Å². The summed E-state index contributed by atoms with van der Waals surface area (Å²) in [6.07, 6.45) is 5.54. The first-order valence-electron chi connectivity index (χ1n) is 17.3. The molecule has 2 aliphatic rings. The zero-order valence-corrected chi connectivity index (χ0v) is 30.9. The van der Waals surface area contributed by atoms with Crippen molar-refractivity contribution in [1.82, 2.24) is 19.8 Å². The van der Waals surface area contributed by atoms with Gasteiger partial charge in [-0.15, -0.1) is 0 Å². The third-order valence-electron chi connectivity index (χ3n) is 9.17. The summed E-state index contributed by atoms with van der Waals surface area (Å²) in [5.74, 6) is 4.74. The molecule has 12 nitrogen and oxygen atoms in total. The van der Waals surface area contributed by atoms with Crippen molar-refractivity contribution in [2.24, 2.45) is 0 Å². The van der Waals surface area contributed by atoms with Crippen LogP contribution in [0.4, 0.5) is 17.3 Å². The Morgan fingerprint density at radius 2 is 1.59 bits per heavy atom. The summed E-state index contributed by atoms with van der Waals surface area (Å²) < 4.78 is 39.5. The molecule has 1 aliphatic carbocycles. The summed E-state index contributed by atoms with van der Waals surface area (Å²) in [6, 6.07) is 18.1. The number of hydrogen-bond donors (Lipinski definition) is 1. The van der Waals surface area contributed by atoms with Crippen LogP contribution in [0.3, 0.4) is 0 Å².